The topological polar surface area (TPSA) is 76.2 Å². The predicted molar refractivity (Wildman–Crippen MR) is 68.9 cm³/mol. The molecule has 0 aliphatic carbocycles. The molecule has 0 aliphatic heterocycles. The van der Waals surface area contributed by atoms with Gasteiger partial charge in [-0.05, 0) is 28.8 Å². The second-order valence-electron chi connectivity index (χ2n) is 4.07. The number of aliphatic carboxylic acids is 1. The van der Waals surface area contributed by atoms with Crippen LogP contribution in [0.3, 0.4) is 0 Å². The van der Waals surface area contributed by atoms with Crippen LogP contribution in [-0.4, -0.2) is 16.1 Å². The maximum absolute atomic E-state index is 10.6. The molecule has 92 valence electrons. The van der Waals surface area contributed by atoms with Gasteiger partial charge in [0, 0.05) is 18.4 Å². The zero-order valence-electron chi connectivity index (χ0n) is 9.78. The van der Waals surface area contributed by atoms with E-state index in [1.807, 2.05) is 36.4 Å². The predicted octanol–water partition coefficient (Wildman–Crippen LogP) is 2.22. The van der Waals surface area contributed by atoms with Crippen LogP contribution in [0.2, 0.25) is 0 Å². The Morgan fingerprint density at radius 2 is 2.06 bits per heavy atom. The molecule has 0 fully saturated rings. The largest absolute Gasteiger partial charge is 0.481 e. The Morgan fingerprint density at radius 3 is 2.72 bits per heavy atom. The number of pyridine rings is 1. The standard InChI is InChI=1S/C14H14N2O2/c15-13(8-14(17)18)11-4-1-3-10(7-11)12-5-2-6-16-9-12/h1-7,9,13H,8,15H2,(H,17,18)/t13-/m0/s1. The zero-order valence-corrected chi connectivity index (χ0v) is 9.78. The monoisotopic (exact) mass is 242 g/mol. The average Bonchev–Trinajstić information content (AvgIpc) is 2.39. The Balaban J connectivity index is 2.28. The highest BCUT2D eigenvalue weighted by atomic mass is 16.4. The number of carboxylic acids is 1. The summed E-state index contributed by atoms with van der Waals surface area (Å²) in [6, 6.07) is 10.9. The number of nitrogens with zero attached hydrogens (tertiary/aromatic N) is 1. The number of aromatic nitrogens is 1. The SMILES string of the molecule is N[C@@H](CC(=O)O)c1cccc(-c2cccnc2)c1. The van der Waals surface area contributed by atoms with Crippen molar-refractivity contribution in [3.05, 3.63) is 54.4 Å². The van der Waals surface area contributed by atoms with Gasteiger partial charge in [0.1, 0.15) is 0 Å². The average molecular weight is 242 g/mol. The number of nitrogens with two attached hydrogens (primary N) is 1. The highest BCUT2D eigenvalue weighted by Crippen LogP contribution is 2.22. The first-order valence-electron chi connectivity index (χ1n) is 5.64. The van der Waals surface area contributed by atoms with Crippen molar-refractivity contribution in [2.75, 3.05) is 0 Å². The van der Waals surface area contributed by atoms with E-state index in [9.17, 15) is 4.79 Å². The molecule has 18 heavy (non-hydrogen) atoms. The molecule has 3 N–H and O–H groups in total. The summed E-state index contributed by atoms with van der Waals surface area (Å²) in [7, 11) is 0. The van der Waals surface area contributed by atoms with Crippen molar-refractivity contribution in [2.45, 2.75) is 12.5 Å². The molecule has 0 bridgehead atoms. The molecule has 4 nitrogen and oxygen atoms in total. The van der Waals surface area contributed by atoms with Gasteiger partial charge in [0.15, 0.2) is 0 Å². The van der Waals surface area contributed by atoms with E-state index in [4.69, 9.17) is 10.8 Å². The van der Waals surface area contributed by atoms with Crippen molar-refractivity contribution in [1.29, 1.82) is 0 Å². The van der Waals surface area contributed by atoms with Crippen molar-refractivity contribution in [1.82, 2.24) is 4.98 Å². The Bertz CT molecular complexity index is 541. The van der Waals surface area contributed by atoms with E-state index in [1.165, 1.54) is 0 Å². The van der Waals surface area contributed by atoms with Gasteiger partial charge >= 0.3 is 5.97 Å². The third-order valence-electron chi connectivity index (χ3n) is 2.70. The molecule has 2 rings (SSSR count). The van der Waals surface area contributed by atoms with E-state index < -0.39 is 12.0 Å². The van der Waals surface area contributed by atoms with Gasteiger partial charge in [-0.1, -0.05) is 24.3 Å². The molecule has 1 heterocycles. The molecule has 0 saturated heterocycles. The fourth-order valence-electron chi connectivity index (χ4n) is 1.79. The number of benzene rings is 1. The van der Waals surface area contributed by atoms with Crippen LogP contribution in [-0.2, 0) is 4.79 Å². The van der Waals surface area contributed by atoms with E-state index in [1.54, 1.807) is 12.4 Å². The van der Waals surface area contributed by atoms with Crippen molar-refractivity contribution in [3.63, 3.8) is 0 Å². The summed E-state index contributed by atoms with van der Waals surface area (Å²) >= 11 is 0. The molecule has 0 aliphatic rings. The van der Waals surface area contributed by atoms with E-state index in [0.717, 1.165) is 16.7 Å². The minimum Gasteiger partial charge on any atom is -0.481 e. The Labute approximate surface area is 105 Å². The molecule has 0 saturated carbocycles. The lowest BCUT2D eigenvalue weighted by Crippen LogP contribution is -2.14. The fraction of sp³-hybridized carbons (Fsp3) is 0.143. The highest BCUT2D eigenvalue weighted by molar-refractivity contribution is 5.68. The summed E-state index contributed by atoms with van der Waals surface area (Å²) in [5, 5.41) is 8.74. The molecule has 0 amide bonds. The Morgan fingerprint density at radius 1 is 1.28 bits per heavy atom. The Kier molecular flexibility index (Phi) is 3.69. The minimum absolute atomic E-state index is 0.0729. The second-order valence-corrected chi connectivity index (χ2v) is 4.07. The first-order valence-corrected chi connectivity index (χ1v) is 5.64. The van der Waals surface area contributed by atoms with Crippen molar-refractivity contribution < 1.29 is 9.90 Å². The molecular formula is C14H14N2O2. The second kappa shape index (κ2) is 5.42. The van der Waals surface area contributed by atoms with Crippen LogP contribution in [0.25, 0.3) is 11.1 Å². The minimum atomic E-state index is -0.894. The van der Waals surface area contributed by atoms with Gasteiger partial charge < -0.3 is 10.8 Å². The van der Waals surface area contributed by atoms with Gasteiger partial charge in [0.25, 0.3) is 0 Å². The molecule has 2 aromatic rings. The molecule has 0 spiro atoms. The number of hydrogen-bond donors (Lipinski definition) is 2. The first kappa shape index (κ1) is 12.3. The van der Waals surface area contributed by atoms with E-state index in [2.05, 4.69) is 4.98 Å². The summed E-state index contributed by atoms with van der Waals surface area (Å²) in [5.41, 5.74) is 8.64. The van der Waals surface area contributed by atoms with Crippen LogP contribution in [0.5, 0.6) is 0 Å². The highest BCUT2D eigenvalue weighted by Gasteiger charge is 2.11. The third-order valence-corrected chi connectivity index (χ3v) is 2.70. The third kappa shape index (κ3) is 2.93. The molecule has 1 aromatic heterocycles. The van der Waals surface area contributed by atoms with Crippen LogP contribution >= 0.6 is 0 Å². The van der Waals surface area contributed by atoms with Crippen molar-refractivity contribution in [3.8, 4) is 11.1 Å². The quantitative estimate of drug-likeness (QED) is 0.861. The maximum atomic E-state index is 10.6. The number of carbonyl (C=O) groups is 1. The number of rotatable bonds is 4. The van der Waals surface area contributed by atoms with E-state index in [-0.39, 0.29) is 6.42 Å². The molecule has 0 radical (unpaired) electrons. The van der Waals surface area contributed by atoms with Gasteiger partial charge in [-0.15, -0.1) is 0 Å². The lowest BCUT2D eigenvalue weighted by atomic mass is 9.99. The summed E-state index contributed by atoms with van der Waals surface area (Å²) in [5.74, 6) is -0.894. The van der Waals surface area contributed by atoms with Crippen LogP contribution in [0.1, 0.15) is 18.0 Å². The maximum Gasteiger partial charge on any atom is 0.305 e. The number of carboxylic acid groups (broad SMARTS) is 1. The lowest BCUT2D eigenvalue weighted by Gasteiger charge is -2.11. The van der Waals surface area contributed by atoms with Gasteiger partial charge in [0.05, 0.1) is 6.42 Å². The van der Waals surface area contributed by atoms with Gasteiger partial charge in [-0.25, -0.2) is 0 Å². The first-order chi connectivity index (χ1) is 8.66. The smallest absolute Gasteiger partial charge is 0.305 e. The van der Waals surface area contributed by atoms with Crippen LogP contribution in [0.15, 0.2) is 48.8 Å². The summed E-state index contributed by atoms with van der Waals surface area (Å²) in [6.07, 6.45) is 3.40. The van der Waals surface area contributed by atoms with Gasteiger partial charge in [0.2, 0.25) is 0 Å². The fourth-order valence-corrected chi connectivity index (χ4v) is 1.79. The van der Waals surface area contributed by atoms with E-state index in [0.29, 0.717) is 0 Å². The van der Waals surface area contributed by atoms with Crippen molar-refractivity contribution in [2.24, 2.45) is 5.73 Å². The van der Waals surface area contributed by atoms with Crippen LogP contribution in [0, 0.1) is 0 Å². The molecule has 1 atom stereocenters. The molecular weight excluding hydrogens is 228 g/mol. The normalized spacial score (nSPS) is 12.1. The van der Waals surface area contributed by atoms with Crippen LogP contribution in [0.4, 0.5) is 0 Å². The number of hydrogen-bond acceptors (Lipinski definition) is 3. The van der Waals surface area contributed by atoms with Crippen molar-refractivity contribution >= 4 is 5.97 Å². The van der Waals surface area contributed by atoms with Crippen LogP contribution < -0.4 is 5.73 Å². The molecule has 4 heteroatoms. The molecule has 0 unspecified atom stereocenters. The molecule has 1 aromatic carbocycles. The van der Waals surface area contributed by atoms with Gasteiger partial charge in [-0.3, -0.25) is 9.78 Å². The van der Waals surface area contributed by atoms with Gasteiger partial charge in [-0.2, -0.15) is 0 Å². The summed E-state index contributed by atoms with van der Waals surface area (Å²) in [4.78, 5) is 14.7. The summed E-state index contributed by atoms with van der Waals surface area (Å²) < 4.78 is 0. The Hall–Kier alpha value is -2.20. The zero-order chi connectivity index (χ0) is 13.0. The lowest BCUT2D eigenvalue weighted by molar-refractivity contribution is -0.137. The van der Waals surface area contributed by atoms with E-state index >= 15 is 0 Å². The summed E-state index contributed by atoms with van der Waals surface area (Å²) in [6.45, 7) is 0.